The van der Waals surface area contributed by atoms with Crippen LogP contribution in [0.5, 0.6) is 0 Å². The molecule has 1 fully saturated rings. The number of nitrogens with one attached hydrogen (secondary N) is 1. The molecule has 3 rings (SSSR count). The Hall–Kier alpha value is -2.03. The number of imide groups is 1. The summed E-state index contributed by atoms with van der Waals surface area (Å²) >= 11 is 7.14. The van der Waals surface area contributed by atoms with E-state index in [4.69, 9.17) is 22.1 Å². The maximum absolute atomic E-state index is 13.2. The number of carbonyl (C=O) groups excluding carboxylic acids is 3. The van der Waals surface area contributed by atoms with Gasteiger partial charge in [0.25, 0.3) is 0 Å². The van der Waals surface area contributed by atoms with E-state index in [1.54, 1.807) is 24.3 Å². The van der Waals surface area contributed by atoms with Gasteiger partial charge in [0.15, 0.2) is 5.78 Å². The number of amides is 3. The van der Waals surface area contributed by atoms with E-state index in [-0.39, 0.29) is 5.78 Å². The number of hydrogen-bond acceptors (Lipinski definition) is 6. The lowest BCUT2D eigenvalue weighted by Gasteiger charge is -2.28. The van der Waals surface area contributed by atoms with Crippen molar-refractivity contribution in [2.75, 3.05) is 26.3 Å². The summed E-state index contributed by atoms with van der Waals surface area (Å²) < 4.78 is 5.24. The van der Waals surface area contributed by atoms with Crippen LogP contribution in [0.4, 0.5) is 4.79 Å². The van der Waals surface area contributed by atoms with E-state index in [1.165, 1.54) is 4.90 Å². The number of carbonyl (C=O) groups is 3. The molecule has 0 unspecified atom stereocenters. The summed E-state index contributed by atoms with van der Waals surface area (Å²) in [6, 6.07) is 6.53. The van der Waals surface area contributed by atoms with E-state index in [0.717, 1.165) is 17.3 Å². The summed E-state index contributed by atoms with van der Waals surface area (Å²) in [5.74, 6) is -1.17. The molecule has 0 spiro atoms. The monoisotopic (exact) mass is 451 g/mol. The fourth-order valence-electron chi connectivity index (χ4n) is 3.47. The van der Waals surface area contributed by atoms with Gasteiger partial charge in [-0.05, 0) is 17.7 Å². The van der Waals surface area contributed by atoms with E-state index >= 15 is 0 Å². The van der Waals surface area contributed by atoms with Crippen molar-refractivity contribution in [1.29, 1.82) is 0 Å². The predicted molar refractivity (Wildman–Crippen MR) is 117 cm³/mol. The van der Waals surface area contributed by atoms with Crippen molar-refractivity contribution in [3.05, 3.63) is 45.5 Å². The Kier molecular flexibility index (Phi) is 6.79. The normalized spacial score (nSPS) is 22.2. The quantitative estimate of drug-likeness (QED) is 0.732. The minimum absolute atomic E-state index is 0.123. The Morgan fingerprint density at radius 3 is 2.33 bits per heavy atom. The van der Waals surface area contributed by atoms with E-state index in [9.17, 15) is 14.4 Å². The van der Waals surface area contributed by atoms with Gasteiger partial charge >= 0.3 is 6.03 Å². The number of Topliss-reactive ketones (excluding diaryl/α,β-unsaturated/α-hetero) is 1. The van der Waals surface area contributed by atoms with Gasteiger partial charge in [-0.3, -0.25) is 14.9 Å². The molecule has 0 aliphatic carbocycles. The van der Waals surface area contributed by atoms with Crippen LogP contribution in [0.1, 0.15) is 32.3 Å². The fraction of sp³-hybridized carbons (Fsp3) is 0.476. The van der Waals surface area contributed by atoms with Gasteiger partial charge in [-0.25, -0.2) is 4.79 Å². The second-order valence-corrected chi connectivity index (χ2v) is 9.94. The molecule has 0 saturated carbocycles. The highest BCUT2D eigenvalue weighted by Gasteiger charge is 2.45. The lowest BCUT2D eigenvalue weighted by molar-refractivity contribution is -0.122. The number of nitrogens with zero attached hydrogens (tertiary/aromatic N) is 1. The molecular weight excluding hydrogens is 426 g/mol. The third-order valence-electron chi connectivity index (χ3n) is 5.07. The highest BCUT2D eigenvalue weighted by molar-refractivity contribution is 8.04. The molecule has 2 atom stereocenters. The Morgan fingerprint density at radius 1 is 1.17 bits per heavy atom. The van der Waals surface area contributed by atoms with Crippen molar-refractivity contribution >= 4 is 41.1 Å². The topological polar surface area (TPSA) is 102 Å². The van der Waals surface area contributed by atoms with Crippen molar-refractivity contribution in [3.8, 4) is 0 Å². The molecule has 162 valence electrons. The van der Waals surface area contributed by atoms with Crippen LogP contribution in [0.2, 0.25) is 5.02 Å². The number of thioether (sulfide) groups is 1. The number of ether oxygens (including phenoxy) is 1. The number of morpholine rings is 1. The molecule has 1 aromatic rings. The highest BCUT2D eigenvalue weighted by atomic mass is 35.5. The van der Waals surface area contributed by atoms with Crippen molar-refractivity contribution in [1.82, 2.24) is 10.2 Å². The van der Waals surface area contributed by atoms with Crippen molar-refractivity contribution in [3.63, 3.8) is 0 Å². The smallest absolute Gasteiger partial charge is 0.324 e. The minimum atomic E-state index is -0.738. The van der Waals surface area contributed by atoms with Crippen LogP contribution in [0.25, 0.3) is 0 Å². The molecule has 3 N–H and O–H groups in total. The molecule has 9 heteroatoms. The lowest BCUT2D eigenvalue weighted by atomic mass is 9.78. The molecular formula is C21H26ClN3O4S. The largest absolute Gasteiger partial charge is 0.393 e. The SMILES string of the molecule is CC(C)(C)C(=O)C1=C(N)S[C@H](C(=O)NC(=O)N2CCOCC2)[C@H]1c1ccc(Cl)cc1. The Bertz CT molecular complexity index is 873. The average molecular weight is 452 g/mol. The first-order chi connectivity index (χ1) is 14.1. The molecule has 3 amide bonds. The summed E-state index contributed by atoms with van der Waals surface area (Å²) in [4.78, 5) is 40.3. The third-order valence-corrected chi connectivity index (χ3v) is 6.54. The van der Waals surface area contributed by atoms with Gasteiger partial charge in [0.2, 0.25) is 5.91 Å². The number of halogens is 1. The second-order valence-electron chi connectivity index (χ2n) is 8.32. The molecule has 0 bridgehead atoms. The number of hydrogen-bond donors (Lipinski definition) is 2. The molecule has 1 saturated heterocycles. The number of allylic oxidation sites excluding steroid dienone is 1. The zero-order chi connectivity index (χ0) is 22.1. The lowest BCUT2D eigenvalue weighted by Crippen LogP contribution is -2.50. The van der Waals surface area contributed by atoms with Crippen LogP contribution in [0.15, 0.2) is 34.9 Å². The molecule has 2 aliphatic heterocycles. The van der Waals surface area contributed by atoms with Crippen LogP contribution < -0.4 is 11.1 Å². The summed E-state index contributed by atoms with van der Waals surface area (Å²) in [5.41, 5.74) is 6.73. The van der Waals surface area contributed by atoms with Gasteiger partial charge in [0, 0.05) is 35.0 Å². The van der Waals surface area contributed by atoms with Gasteiger partial charge in [-0.15, -0.1) is 0 Å². The molecule has 0 radical (unpaired) electrons. The van der Waals surface area contributed by atoms with Gasteiger partial charge in [0.1, 0.15) is 5.25 Å². The van der Waals surface area contributed by atoms with Crippen molar-refractivity contribution in [2.45, 2.75) is 31.9 Å². The van der Waals surface area contributed by atoms with E-state index in [0.29, 0.717) is 41.9 Å². The van der Waals surface area contributed by atoms with Crippen LogP contribution >= 0.6 is 23.4 Å². The van der Waals surface area contributed by atoms with Gasteiger partial charge in [-0.2, -0.15) is 0 Å². The average Bonchev–Trinajstić information content (AvgIpc) is 3.05. The Labute approximate surface area is 185 Å². The predicted octanol–water partition coefficient (Wildman–Crippen LogP) is 2.89. The Balaban J connectivity index is 1.89. The second kappa shape index (κ2) is 8.99. The number of rotatable bonds is 3. The summed E-state index contributed by atoms with van der Waals surface area (Å²) in [7, 11) is 0. The maximum atomic E-state index is 13.2. The third kappa shape index (κ3) is 4.82. The highest BCUT2D eigenvalue weighted by Crippen LogP contribution is 2.48. The van der Waals surface area contributed by atoms with Crippen LogP contribution in [-0.4, -0.2) is 54.2 Å². The summed E-state index contributed by atoms with van der Waals surface area (Å²) in [5, 5.41) is 2.60. The first kappa shape index (κ1) is 22.7. The van der Waals surface area contributed by atoms with E-state index in [1.807, 2.05) is 20.8 Å². The summed E-state index contributed by atoms with van der Waals surface area (Å²) in [6.45, 7) is 7.16. The molecule has 0 aromatic heterocycles. The van der Waals surface area contributed by atoms with Gasteiger partial charge in [-0.1, -0.05) is 56.3 Å². The summed E-state index contributed by atoms with van der Waals surface area (Å²) in [6.07, 6.45) is 0. The zero-order valence-corrected chi connectivity index (χ0v) is 18.8. The van der Waals surface area contributed by atoms with Crippen molar-refractivity contribution < 1.29 is 19.1 Å². The molecule has 1 aromatic carbocycles. The van der Waals surface area contributed by atoms with Gasteiger partial charge in [0.05, 0.1) is 18.2 Å². The first-order valence-corrected chi connectivity index (χ1v) is 11.0. The Morgan fingerprint density at radius 2 is 1.77 bits per heavy atom. The van der Waals surface area contributed by atoms with Gasteiger partial charge < -0.3 is 15.4 Å². The standard InChI is InChI=1S/C21H26ClN3O4S/c1-21(2,3)17(26)15-14(12-4-6-13(22)7-5-12)16(30-18(15)23)19(27)24-20(28)25-8-10-29-11-9-25/h4-7,14,16H,8-11,23H2,1-3H3,(H,24,27,28)/t14-,16-/m0/s1. The minimum Gasteiger partial charge on any atom is -0.393 e. The number of nitrogens with two attached hydrogens (primary N) is 1. The molecule has 30 heavy (non-hydrogen) atoms. The molecule has 7 nitrogen and oxygen atoms in total. The van der Waals surface area contributed by atoms with E-state index < -0.39 is 28.5 Å². The fourth-order valence-corrected chi connectivity index (χ4v) is 4.81. The molecule has 2 heterocycles. The molecule has 2 aliphatic rings. The van der Waals surface area contributed by atoms with Crippen LogP contribution in [0, 0.1) is 5.41 Å². The van der Waals surface area contributed by atoms with Crippen molar-refractivity contribution in [2.24, 2.45) is 11.1 Å². The first-order valence-electron chi connectivity index (χ1n) is 9.73. The van der Waals surface area contributed by atoms with Crippen LogP contribution in [0.3, 0.4) is 0 Å². The number of benzene rings is 1. The number of ketones is 1. The van der Waals surface area contributed by atoms with Crippen LogP contribution in [-0.2, 0) is 14.3 Å². The number of urea groups is 1. The zero-order valence-electron chi connectivity index (χ0n) is 17.2. The maximum Gasteiger partial charge on any atom is 0.324 e. The van der Waals surface area contributed by atoms with E-state index in [2.05, 4.69) is 5.32 Å².